The summed E-state index contributed by atoms with van der Waals surface area (Å²) in [5.74, 6) is -0.872. The third-order valence-corrected chi connectivity index (χ3v) is 15.0. The summed E-state index contributed by atoms with van der Waals surface area (Å²) in [6, 6.07) is 0. The standard InChI is InChI=1S/C71H128O6/c1-4-7-10-13-16-19-22-25-28-31-34-35-38-40-43-46-49-52-55-58-61-64-70(73)76-67-68(77-71(74)65-62-59-56-53-50-47-44-41-37-33-30-27-24-21-18-15-12-9-6-3)66-75-69(72)63-60-57-54-51-48-45-42-39-36-32-29-26-23-20-17-14-11-8-5-2/h17-18,20-21,26-27,29-30,37,41,68H,4-16,19,22-25,28,31-36,38-40,42-67H2,1-3H3/b20-17-,21-18-,29-26-,30-27-,41-37-. The molecule has 0 aromatic carbocycles. The van der Waals surface area contributed by atoms with Crippen molar-refractivity contribution in [3.05, 3.63) is 60.8 Å². The fourth-order valence-corrected chi connectivity index (χ4v) is 9.89. The Morgan fingerprint density at radius 2 is 0.468 bits per heavy atom. The van der Waals surface area contributed by atoms with Crippen LogP contribution in [0.5, 0.6) is 0 Å². The lowest BCUT2D eigenvalue weighted by atomic mass is 10.0. The number of hydrogen-bond donors (Lipinski definition) is 0. The van der Waals surface area contributed by atoms with E-state index in [4.69, 9.17) is 14.2 Å². The fourth-order valence-electron chi connectivity index (χ4n) is 9.89. The molecule has 0 aliphatic carbocycles. The van der Waals surface area contributed by atoms with Gasteiger partial charge in [-0.1, -0.05) is 306 Å². The van der Waals surface area contributed by atoms with E-state index in [1.807, 2.05) is 0 Å². The van der Waals surface area contributed by atoms with Gasteiger partial charge >= 0.3 is 17.9 Å². The Labute approximate surface area is 479 Å². The van der Waals surface area contributed by atoms with Crippen LogP contribution in [0.3, 0.4) is 0 Å². The van der Waals surface area contributed by atoms with Crippen LogP contribution in [0, 0.1) is 0 Å². The van der Waals surface area contributed by atoms with Crippen LogP contribution < -0.4 is 0 Å². The normalized spacial score (nSPS) is 12.4. The van der Waals surface area contributed by atoms with Crippen molar-refractivity contribution in [2.45, 2.75) is 361 Å². The molecule has 1 atom stereocenters. The predicted octanol–water partition coefficient (Wildman–Crippen LogP) is 23.1. The number of ether oxygens (including phenoxy) is 3. The molecule has 448 valence electrons. The lowest BCUT2D eigenvalue weighted by Gasteiger charge is -2.18. The minimum Gasteiger partial charge on any atom is -0.462 e. The predicted molar refractivity (Wildman–Crippen MR) is 335 cm³/mol. The first-order valence-corrected chi connectivity index (χ1v) is 33.8. The SMILES string of the molecule is CCCCC/C=C\C/C=C\C/C=C\CCCCCCCCC(=O)OC(COC(=O)CCCCCCCCCCC/C=C\C/C=C\CCCCC)COC(=O)CCCCCCCCCCCCCCCCCCCCCCC. The monoisotopic (exact) mass is 1080 g/mol. The Morgan fingerprint density at radius 3 is 0.753 bits per heavy atom. The maximum atomic E-state index is 12.9. The van der Waals surface area contributed by atoms with E-state index in [0.29, 0.717) is 19.3 Å². The summed E-state index contributed by atoms with van der Waals surface area (Å²) in [5, 5.41) is 0. The lowest BCUT2D eigenvalue weighted by Crippen LogP contribution is -2.30. The molecule has 0 saturated heterocycles. The van der Waals surface area contributed by atoms with Crippen LogP contribution in [0.4, 0.5) is 0 Å². The molecule has 6 nitrogen and oxygen atoms in total. The average Bonchev–Trinajstić information content (AvgIpc) is 3.43. The van der Waals surface area contributed by atoms with Crippen molar-refractivity contribution in [3.8, 4) is 0 Å². The zero-order chi connectivity index (χ0) is 55.7. The van der Waals surface area contributed by atoms with E-state index in [9.17, 15) is 14.4 Å². The summed E-state index contributed by atoms with van der Waals surface area (Å²) < 4.78 is 17.0. The van der Waals surface area contributed by atoms with E-state index in [0.717, 1.165) is 89.9 Å². The number of carbonyl (C=O) groups is 3. The van der Waals surface area contributed by atoms with Gasteiger partial charge in [-0.05, 0) is 89.9 Å². The van der Waals surface area contributed by atoms with Crippen molar-refractivity contribution in [2.24, 2.45) is 0 Å². The largest absolute Gasteiger partial charge is 0.462 e. The molecule has 0 aromatic rings. The Kier molecular flexibility index (Phi) is 63.2. The van der Waals surface area contributed by atoms with Crippen LogP contribution in [0.25, 0.3) is 0 Å². The van der Waals surface area contributed by atoms with Gasteiger partial charge in [0.1, 0.15) is 13.2 Å². The van der Waals surface area contributed by atoms with Crippen molar-refractivity contribution >= 4 is 17.9 Å². The summed E-state index contributed by atoms with van der Waals surface area (Å²) >= 11 is 0. The summed E-state index contributed by atoms with van der Waals surface area (Å²) in [5.41, 5.74) is 0. The maximum Gasteiger partial charge on any atom is 0.306 e. The molecule has 0 N–H and O–H groups in total. The molecule has 0 rings (SSSR count). The fraction of sp³-hybridized carbons (Fsp3) is 0.817. The summed E-state index contributed by atoms with van der Waals surface area (Å²) in [7, 11) is 0. The van der Waals surface area contributed by atoms with Crippen molar-refractivity contribution in [3.63, 3.8) is 0 Å². The first kappa shape index (κ1) is 74.1. The van der Waals surface area contributed by atoms with E-state index >= 15 is 0 Å². The van der Waals surface area contributed by atoms with Gasteiger partial charge in [-0.3, -0.25) is 14.4 Å². The topological polar surface area (TPSA) is 78.9 Å². The molecular formula is C71H128O6. The van der Waals surface area contributed by atoms with Gasteiger partial charge in [-0.15, -0.1) is 0 Å². The highest BCUT2D eigenvalue weighted by atomic mass is 16.6. The van der Waals surface area contributed by atoms with E-state index in [1.165, 1.54) is 225 Å². The van der Waals surface area contributed by atoms with Crippen molar-refractivity contribution < 1.29 is 28.6 Å². The average molecular weight is 1080 g/mol. The van der Waals surface area contributed by atoms with Crippen LogP contribution in [0.2, 0.25) is 0 Å². The van der Waals surface area contributed by atoms with Crippen LogP contribution in [-0.4, -0.2) is 37.2 Å². The van der Waals surface area contributed by atoms with Crippen molar-refractivity contribution in [1.29, 1.82) is 0 Å². The van der Waals surface area contributed by atoms with E-state index in [-0.39, 0.29) is 31.1 Å². The number of carbonyl (C=O) groups excluding carboxylic acids is 3. The molecule has 0 spiro atoms. The molecule has 0 saturated carbocycles. The number of rotatable bonds is 62. The Morgan fingerprint density at radius 1 is 0.260 bits per heavy atom. The van der Waals surface area contributed by atoms with Gasteiger partial charge in [-0.25, -0.2) is 0 Å². The highest BCUT2D eigenvalue weighted by Gasteiger charge is 2.19. The van der Waals surface area contributed by atoms with Gasteiger partial charge in [0.2, 0.25) is 0 Å². The summed E-state index contributed by atoms with van der Waals surface area (Å²) in [6.07, 6.45) is 83.7. The quantitative estimate of drug-likeness (QED) is 0.0261. The molecule has 0 aliphatic rings. The van der Waals surface area contributed by atoms with Crippen LogP contribution in [-0.2, 0) is 28.6 Å². The Balaban J connectivity index is 4.36. The Bertz CT molecular complexity index is 1380. The molecule has 6 heteroatoms. The minimum atomic E-state index is -0.783. The van der Waals surface area contributed by atoms with E-state index in [2.05, 4.69) is 81.5 Å². The van der Waals surface area contributed by atoms with Crippen molar-refractivity contribution in [2.75, 3.05) is 13.2 Å². The highest BCUT2D eigenvalue weighted by Crippen LogP contribution is 2.17. The molecule has 0 aliphatic heterocycles. The zero-order valence-electron chi connectivity index (χ0n) is 51.5. The number of unbranched alkanes of at least 4 members (excludes halogenated alkanes) is 41. The molecule has 0 aromatic heterocycles. The molecule has 1 unspecified atom stereocenters. The van der Waals surface area contributed by atoms with Gasteiger partial charge in [0.05, 0.1) is 0 Å². The summed E-state index contributed by atoms with van der Waals surface area (Å²) in [6.45, 7) is 6.63. The van der Waals surface area contributed by atoms with E-state index < -0.39 is 6.10 Å². The third kappa shape index (κ3) is 63.8. The molecule has 0 bridgehead atoms. The van der Waals surface area contributed by atoms with Crippen LogP contribution >= 0.6 is 0 Å². The van der Waals surface area contributed by atoms with Gasteiger partial charge in [-0.2, -0.15) is 0 Å². The first-order valence-electron chi connectivity index (χ1n) is 33.8. The molecule has 0 fully saturated rings. The second-order valence-corrected chi connectivity index (χ2v) is 22.7. The first-order chi connectivity index (χ1) is 38.0. The Hall–Kier alpha value is -2.89. The second kappa shape index (κ2) is 65.6. The summed E-state index contributed by atoms with van der Waals surface area (Å²) in [4.78, 5) is 38.4. The van der Waals surface area contributed by atoms with Crippen molar-refractivity contribution in [1.82, 2.24) is 0 Å². The molecule has 0 heterocycles. The van der Waals surface area contributed by atoms with Gasteiger partial charge in [0.15, 0.2) is 6.10 Å². The molecule has 0 amide bonds. The maximum absolute atomic E-state index is 12.9. The molecule has 77 heavy (non-hydrogen) atoms. The number of esters is 3. The lowest BCUT2D eigenvalue weighted by molar-refractivity contribution is -0.167. The van der Waals surface area contributed by atoms with Gasteiger partial charge in [0, 0.05) is 19.3 Å². The smallest absolute Gasteiger partial charge is 0.306 e. The van der Waals surface area contributed by atoms with Crippen LogP contribution in [0.15, 0.2) is 60.8 Å². The minimum absolute atomic E-state index is 0.0774. The number of hydrogen-bond acceptors (Lipinski definition) is 6. The third-order valence-electron chi connectivity index (χ3n) is 15.0. The molecule has 0 radical (unpaired) electrons. The zero-order valence-corrected chi connectivity index (χ0v) is 51.5. The van der Waals surface area contributed by atoms with E-state index in [1.54, 1.807) is 0 Å². The van der Waals surface area contributed by atoms with Gasteiger partial charge in [0.25, 0.3) is 0 Å². The van der Waals surface area contributed by atoms with Gasteiger partial charge < -0.3 is 14.2 Å². The molecular weight excluding hydrogens is 949 g/mol. The number of allylic oxidation sites excluding steroid dienone is 10. The highest BCUT2D eigenvalue weighted by molar-refractivity contribution is 5.71. The second-order valence-electron chi connectivity index (χ2n) is 22.7. The van der Waals surface area contributed by atoms with Crippen LogP contribution in [0.1, 0.15) is 355 Å².